The first-order valence-corrected chi connectivity index (χ1v) is 12.4. The second kappa shape index (κ2) is 9.71. The Labute approximate surface area is 201 Å². The van der Waals surface area contributed by atoms with E-state index in [0.29, 0.717) is 18.4 Å². The fourth-order valence-corrected chi connectivity index (χ4v) is 5.78. The molecule has 0 spiro atoms. The number of carboxylic acid groups (broad SMARTS) is 1. The van der Waals surface area contributed by atoms with Crippen LogP contribution in [-0.4, -0.2) is 52.2 Å². The topological polar surface area (TPSA) is 75.5 Å². The van der Waals surface area contributed by atoms with E-state index in [-0.39, 0.29) is 0 Å². The number of aliphatic carboxylic acids is 1. The van der Waals surface area contributed by atoms with Crippen LogP contribution in [0, 0.1) is 5.41 Å². The van der Waals surface area contributed by atoms with Crippen LogP contribution < -0.4 is 4.74 Å². The first kappa shape index (κ1) is 22.8. The van der Waals surface area contributed by atoms with Gasteiger partial charge >= 0.3 is 5.97 Å². The summed E-state index contributed by atoms with van der Waals surface area (Å²) in [5.41, 5.74) is 2.66. The van der Waals surface area contributed by atoms with Gasteiger partial charge in [0.1, 0.15) is 12.1 Å². The molecule has 3 aromatic rings. The predicted octanol–water partition coefficient (Wildman–Crippen LogP) is 5.07. The molecule has 34 heavy (non-hydrogen) atoms. The monoisotopic (exact) mass is 459 g/mol. The Morgan fingerprint density at radius 1 is 1.12 bits per heavy atom. The lowest BCUT2D eigenvalue weighted by Gasteiger charge is -2.48. The fourth-order valence-electron chi connectivity index (χ4n) is 5.78. The van der Waals surface area contributed by atoms with Crippen LogP contribution in [0.4, 0.5) is 0 Å². The average Bonchev–Trinajstić information content (AvgIpc) is 2.84. The van der Waals surface area contributed by atoms with Gasteiger partial charge in [0.25, 0.3) is 0 Å². The van der Waals surface area contributed by atoms with E-state index in [2.05, 4.69) is 45.2 Å². The van der Waals surface area contributed by atoms with Gasteiger partial charge in [-0.3, -0.25) is 4.79 Å². The standard InChI is InChI=1S/C28H33N3O3/c1-34-23-9-10-26-24(18-23)25(29-19-30-26)8-5-11-28(27(32)33)12-14-31(15-13-28)22-16-21(17-22)20-6-3-2-4-7-20/h2-4,6-7,9-10,18-19,21-22H,5,8,11-17H2,1H3,(H,32,33). The zero-order valence-corrected chi connectivity index (χ0v) is 19.8. The summed E-state index contributed by atoms with van der Waals surface area (Å²) in [4.78, 5) is 23.7. The van der Waals surface area contributed by atoms with Gasteiger partial charge in [-0.25, -0.2) is 9.97 Å². The highest BCUT2D eigenvalue weighted by molar-refractivity contribution is 5.82. The molecule has 5 rings (SSSR count). The number of fused-ring (bicyclic) bond motifs is 1. The number of piperidine rings is 1. The fraction of sp³-hybridized carbons (Fsp3) is 0.464. The van der Waals surface area contributed by atoms with Gasteiger partial charge in [-0.2, -0.15) is 0 Å². The molecular formula is C28H33N3O3. The molecule has 0 bridgehead atoms. The van der Waals surface area contributed by atoms with Crippen molar-refractivity contribution in [2.24, 2.45) is 5.41 Å². The zero-order valence-electron chi connectivity index (χ0n) is 19.8. The van der Waals surface area contributed by atoms with Crippen LogP contribution in [-0.2, 0) is 11.2 Å². The summed E-state index contributed by atoms with van der Waals surface area (Å²) < 4.78 is 5.36. The number of hydrogen-bond acceptors (Lipinski definition) is 5. The molecule has 1 N–H and O–H groups in total. The van der Waals surface area contributed by atoms with Crippen molar-refractivity contribution in [3.05, 3.63) is 66.1 Å². The summed E-state index contributed by atoms with van der Waals surface area (Å²) >= 11 is 0. The maximum absolute atomic E-state index is 12.4. The van der Waals surface area contributed by atoms with Gasteiger partial charge in [0.05, 0.1) is 23.7 Å². The van der Waals surface area contributed by atoms with Crippen molar-refractivity contribution >= 4 is 16.9 Å². The summed E-state index contributed by atoms with van der Waals surface area (Å²) in [7, 11) is 1.65. The second-order valence-electron chi connectivity index (χ2n) is 9.91. The third-order valence-electron chi connectivity index (χ3n) is 8.10. The SMILES string of the molecule is COc1ccc2ncnc(CCCC3(C(=O)O)CCN(C4CC(c5ccccc5)C4)CC3)c2c1. The number of ether oxygens (including phenoxy) is 1. The molecule has 1 saturated carbocycles. The predicted molar refractivity (Wildman–Crippen MR) is 132 cm³/mol. The Morgan fingerprint density at radius 2 is 1.88 bits per heavy atom. The molecule has 2 heterocycles. The van der Waals surface area contributed by atoms with Crippen molar-refractivity contribution < 1.29 is 14.6 Å². The van der Waals surface area contributed by atoms with Gasteiger partial charge in [0.15, 0.2) is 0 Å². The lowest BCUT2D eigenvalue weighted by Crippen LogP contribution is -2.51. The Bertz CT molecular complexity index is 1140. The number of carbonyl (C=O) groups is 1. The van der Waals surface area contributed by atoms with E-state index in [1.165, 1.54) is 18.4 Å². The van der Waals surface area contributed by atoms with E-state index < -0.39 is 11.4 Å². The van der Waals surface area contributed by atoms with Crippen molar-refractivity contribution in [1.29, 1.82) is 0 Å². The highest BCUT2D eigenvalue weighted by Gasteiger charge is 2.44. The van der Waals surface area contributed by atoms with Crippen LogP contribution >= 0.6 is 0 Å². The molecule has 0 unspecified atom stereocenters. The lowest BCUT2D eigenvalue weighted by atomic mass is 9.71. The maximum atomic E-state index is 12.4. The quantitative estimate of drug-likeness (QED) is 0.507. The maximum Gasteiger partial charge on any atom is 0.309 e. The molecule has 1 aromatic heterocycles. The van der Waals surface area contributed by atoms with Gasteiger partial charge in [0.2, 0.25) is 0 Å². The summed E-state index contributed by atoms with van der Waals surface area (Å²) in [5, 5.41) is 11.1. The smallest absolute Gasteiger partial charge is 0.309 e. The molecule has 2 aromatic carbocycles. The second-order valence-corrected chi connectivity index (χ2v) is 9.91. The summed E-state index contributed by atoms with van der Waals surface area (Å²) in [6, 6.07) is 17.2. The van der Waals surface area contributed by atoms with E-state index in [4.69, 9.17) is 4.74 Å². The molecule has 1 aliphatic heterocycles. The number of methoxy groups -OCH3 is 1. The number of hydrogen-bond donors (Lipinski definition) is 1. The lowest BCUT2D eigenvalue weighted by molar-refractivity contribution is -0.153. The van der Waals surface area contributed by atoms with Crippen LogP contribution in [0.1, 0.15) is 55.7 Å². The molecule has 178 valence electrons. The van der Waals surface area contributed by atoms with Gasteiger partial charge < -0.3 is 14.7 Å². The minimum atomic E-state index is -0.642. The number of aryl methyl sites for hydroxylation is 1. The van der Waals surface area contributed by atoms with Crippen molar-refractivity contribution in [3.8, 4) is 5.75 Å². The van der Waals surface area contributed by atoms with Gasteiger partial charge in [0, 0.05) is 11.4 Å². The van der Waals surface area contributed by atoms with Crippen molar-refractivity contribution in [2.45, 2.75) is 56.9 Å². The van der Waals surface area contributed by atoms with Gasteiger partial charge in [-0.15, -0.1) is 0 Å². The molecule has 1 saturated heterocycles. The Balaban J connectivity index is 1.17. The number of likely N-dealkylation sites (tertiary alicyclic amines) is 1. The minimum absolute atomic E-state index is 0.597. The van der Waals surface area contributed by atoms with Gasteiger partial charge in [-0.05, 0) is 87.7 Å². The molecule has 2 fully saturated rings. The highest BCUT2D eigenvalue weighted by atomic mass is 16.5. The summed E-state index contributed by atoms with van der Waals surface area (Å²) in [5.74, 6) is 0.791. The highest BCUT2D eigenvalue weighted by Crippen LogP contribution is 2.44. The third kappa shape index (κ3) is 4.51. The number of aromatic nitrogens is 2. The van der Waals surface area contributed by atoms with Crippen molar-refractivity contribution in [2.75, 3.05) is 20.2 Å². The zero-order chi connectivity index (χ0) is 23.5. The van der Waals surface area contributed by atoms with E-state index in [9.17, 15) is 9.90 Å². The molecule has 0 atom stereocenters. The Hall–Kier alpha value is -2.99. The molecule has 6 heteroatoms. The summed E-state index contributed by atoms with van der Waals surface area (Å²) in [6.45, 7) is 1.76. The van der Waals surface area contributed by atoms with Crippen molar-refractivity contribution in [1.82, 2.24) is 14.9 Å². The van der Waals surface area contributed by atoms with Crippen LogP contribution in [0.25, 0.3) is 10.9 Å². The first-order valence-electron chi connectivity index (χ1n) is 12.4. The van der Waals surface area contributed by atoms with Crippen LogP contribution in [0.2, 0.25) is 0 Å². The van der Waals surface area contributed by atoms with Crippen LogP contribution in [0.15, 0.2) is 54.9 Å². The number of carboxylic acids is 1. The van der Waals surface area contributed by atoms with E-state index >= 15 is 0 Å². The van der Waals surface area contributed by atoms with Crippen molar-refractivity contribution in [3.63, 3.8) is 0 Å². The molecular weight excluding hydrogens is 426 g/mol. The molecule has 1 aliphatic carbocycles. The molecule has 0 radical (unpaired) electrons. The number of nitrogens with zero attached hydrogens (tertiary/aromatic N) is 3. The largest absolute Gasteiger partial charge is 0.497 e. The Morgan fingerprint density at radius 3 is 2.59 bits per heavy atom. The number of rotatable bonds is 8. The normalized spacial score (nSPS) is 22.3. The van der Waals surface area contributed by atoms with E-state index in [0.717, 1.165) is 61.1 Å². The van der Waals surface area contributed by atoms with E-state index in [1.807, 2.05) is 18.2 Å². The molecule has 6 nitrogen and oxygen atoms in total. The third-order valence-corrected chi connectivity index (χ3v) is 8.10. The number of benzene rings is 2. The van der Waals surface area contributed by atoms with Crippen LogP contribution in [0.5, 0.6) is 5.75 Å². The van der Waals surface area contributed by atoms with Crippen LogP contribution in [0.3, 0.4) is 0 Å². The Kier molecular flexibility index (Phi) is 6.50. The minimum Gasteiger partial charge on any atom is -0.497 e. The molecule has 2 aliphatic rings. The molecule has 0 amide bonds. The average molecular weight is 460 g/mol. The summed E-state index contributed by atoms with van der Waals surface area (Å²) in [6.07, 6.45) is 7.66. The van der Waals surface area contributed by atoms with Gasteiger partial charge in [-0.1, -0.05) is 30.3 Å². The first-order chi connectivity index (χ1) is 16.6. The van der Waals surface area contributed by atoms with E-state index in [1.54, 1.807) is 13.4 Å².